The van der Waals surface area contributed by atoms with Crippen molar-refractivity contribution in [2.75, 3.05) is 13.2 Å². The number of hydrogen-bond acceptors (Lipinski definition) is 2. The van der Waals surface area contributed by atoms with Crippen molar-refractivity contribution in [3.8, 4) is 0 Å². The minimum absolute atomic E-state index is 0.0447. The molecule has 1 aromatic carbocycles. The molecule has 0 bridgehead atoms. The first-order chi connectivity index (χ1) is 12.3. The molecular weight excluding hydrogens is 342 g/mol. The average molecular weight is 380 g/mol. The van der Waals surface area contributed by atoms with Crippen LogP contribution in [-0.2, 0) is 4.74 Å². The molecule has 0 saturated carbocycles. The van der Waals surface area contributed by atoms with Gasteiger partial charge in [0.2, 0.25) is 0 Å². The van der Waals surface area contributed by atoms with Crippen LogP contribution < -0.4 is 5.32 Å². The van der Waals surface area contributed by atoms with Crippen LogP contribution in [0.3, 0.4) is 0 Å². The molecule has 148 valence electrons. The van der Waals surface area contributed by atoms with E-state index < -0.39 is 0 Å². The maximum atomic E-state index is 6.00. The van der Waals surface area contributed by atoms with Gasteiger partial charge in [0.1, 0.15) is 0 Å². The Kier molecular flexibility index (Phi) is 8.44. The molecular formula is C23H38ClNO. The Morgan fingerprint density at radius 3 is 2.42 bits per heavy atom. The van der Waals surface area contributed by atoms with Crippen molar-refractivity contribution in [2.45, 2.75) is 78.4 Å². The molecule has 1 saturated heterocycles. The first-order valence-electron chi connectivity index (χ1n) is 10.4. The van der Waals surface area contributed by atoms with Gasteiger partial charge in [0.25, 0.3) is 0 Å². The summed E-state index contributed by atoms with van der Waals surface area (Å²) in [6, 6.07) is 8.56. The van der Waals surface area contributed by atoms with Crippen molar-refractivity contribution < 1.29 is 4.74 Å². The molecule has 1 aromatic rings. The molecule has 1 heterocycles. The van der Waals surface area contributed by atoms with E-state index in [0.717, 1.165) is 35.9 Å². The molecule has 2 nitrogen and oxygen atoms in total. The minimum atomic E-state index is 0.0447. The van der Waals surface area contributed by atoms with Crippen molar-refractivity contribution in [3.63, 3.8) is 0 Å². The predicted molar refractivity (Wildman–Crippen MR) is 113 cm³/mol. The van der Waals surface area contributed by atoms with Gasteiger partial charge in [-0.2, -0.15) is 0 Å². The number of halogens is 1. The minimum Gasteiger partial charge on any atom is -0.376 e. The predicted octanol–water partition coefficient (Wildman–Crippen LogP) is 6.64. The molecule has 26 heavy (non-hydrogen) atoms. The van der Waals surface area contributed by atoms with Gasteiger partial charge in [0, 0.05) is 17.7 Å². The van der Waals surface area contributed by atoms with E-state index in [1.54, 1.807) is 0 Å². The van der Waals surface area contributed by atoms with Gasteiger partial charge in [-0.15, -0.1) is 0 Å². The van der Waals surface area contributed by atoms with E-state index in [-0.39, 0.29) is 5.60 Å². The van der Waals surface area contributed by atoms with Gasteiger partial charge in [-0.25, -0.2) is 0 Å². The van der Waals surface area contributed by atoms with Gasteiger partial charge < -0.3 is 10.1 Å². The van der Waals surface area contributed by atoms with E-state index in [4.69, 9.17) is 16.3 Å². The van der Waals surface area contributed by atoms with E-state index >= 15 is 0 Å². The third-order valence-corrected chi connectivity index (χ3v) is 6.10. The molecule has 0 amide bonds. The molecule has 1 aliphatic heterocycles. The van der Waals surface area contributed by atoms with Gasteiger partial charge in [-0.3, -0.25) is 0 Å². The Morgan fingerprint density at radius 1 is 1.12 bits per heavy atom. The Morgan fingerprint density at radius 2 is 1.81 bits per heavy atom. The maximum absolute atomic E-state index is 6.00. The van der Waals surface area contributed by atoms with Crippen LogP contribution in [0.15, 0.2) is 24.3 Å². The van der Waals surface area contributed by atoms with Crippen molar-refractivity contribution in [2.24, 2.45) is 17.8 Å². The second-order valence-electron chi connectivity index (χ2n) is 9.11. The van der Waals surface area contributed by atoms with Crippen molar-refractivity contribution >= 4 is 11.6 Å². The standard InChI is InChI=1S/C23H38ClNO/c1-17(2)6-7-20(21-13-15-26-23(4,5)16-21)12-14-25-18(3)19-8-10-22(24)11-9-19/h8-11,17-18,20-21,25H,6-7,12-16H2,1-5H3/t18-,20+,21+/m0/s1. The first kappa shape index (κ1) is 21.7. The monoisotopic (exact) mass is 379 g/mol. The largest absolute Gasteiger partial charge is 0.376 e. The third kappa shape index (κ3) is 7.21. The number of hydrogen-bond donors (Lipinski definition) is 1. The van der Waals surface area contributed by atoms with Crippen LogP contribution in [0.25, 0.3) is 0 Å². The maximum Gasteiger partial charge on any atom is 0.0629 e. The summed E-state index contributed by atoms with van der Waals surface area (Å²) < 4.78 is 5.96. The fraction of sp³-hybridized carbons (Fsp3) is 0.739. The van der Waals surface area contributed by atoms with Crippen LogP contribution in [0.4, 0.5) is 0 Å². The second-order valence-corrected chi connectivity index (χ2v) is 9.54. The lowest BCUT2D eigenvalue weighted by molar-refractivity contribution is -0.0840. The Hall–Kier alpha value is -0.570. The zero-order chi connectivity index (χ0) is 19.2. The van der Waals surface area contributed by atoms with Gasteiger partial charge >= 0.3 is 0 Å². The summed E-state index contributed by atoms with van der Waals surface area (Å²) in [5, 5.41) is 4.52. The zero-order valence-electron chi connectivity index (χ0n) is 17.4. The summed E-state index contributed by atoms with van der Waals surface area (Å²) in [6.07, 6.45) is 6.34. The van der Waals surface area contributed by atoms with Gasteiger partial charge in [0.15, 0.2) is 0 Å². The molecule has 1 N–H and O–H groups in total. The summed E-state index contributed by atoms with van der Waals surface area (Å²) >= 11 is 6.00. The van der Waals surface area contributed by atoms with Gasteiger partial charge in [0.05, 0.1) is 5.60 Å². The van der Waals surface area contributed by atoms with Crippen molar-refractivity contribution in [3.05, 3.63) is 34.9 Å². The molecule has 1 fully saturated rings. The van der Waals surface area contributed by atoms with E-state index in [1.807, 2.05) is 12.1 Å². The van der Waals surface area contributed by atoms with Crippen molar-refractivity contribution in [1.82, 2.24) is 5.32 Å². The Balaban J connectivity index is 1.88. The smallest absolute Gasteiger partial charge is 0.0629 e. The second kappa shape index (κ2) is 10.1. The lowest BCUT2D eigenvalue weighted by Crippen LogP contribution is -2.37. The van der Waals surface area contributed by atoms with Gasteiger partial charge in [-0.05, 0) is 88.4 Å². The lowest BCUT2D eigenvalue weighted by Gasteiger charge is -2.39. The topological polar surface area (TPSA) is 21.3 Å². The van der Waals surface area contributed by atoms with E-state index in [2.05, 4.69) is 52.1 Å². The van der Waals surface area contributed by atoms with Crippen LogP contribution in [0.2, 0.25) is 5.02 Å². The summed E-state index contributed by atoms with van der Waals surface area (Å²) in [7, 11) is 0. The van der Waals surface area contributed by atoms with Crippen LogP contribution in [0.5, 0.6) is 0 Å². The molecule has 0 spiro atoms. The van der Waals surface area contributed by atoms with E-state index in [0.29, 0.717) is 6.04 Å². The Labute approximate surface area is 166 Å². The highest BCUT2D eigenvalue weighted by Crippen LogP contribution is 2.37. The number of benzene rings is 1. The molecule has 2 rings (SSSR count). The SMILES string of the molecule is CC(C)CC[C@H](CCN[C@@H](C)c1ccc(Cl)cc1)[C@@H]1CCOC(C)(C)C1. The average Bonchev–Trinajstić information content (AvgIpc) is 2.57. The summed E-state index contributed by atoms with van der Waals surface area (Å²) in [4.78, 5) is 0. The molecule has 0 radical (unpaired) electrons. The molecule has 0 aliphatic carbocycles. The van der Waals surface area contributed by atoms with E-state index in [9.17, 15) is 0 Å². The first-order valence-corrected chi connectivity index (χ1v) is 10.8. The summed E-state index contributed by atoms with van der Waals surface area (Å²) in [5.41, 5.74) is 1.35. The van der Waals surface area contributed by atoms with Crippen molar-refractivity contribution in [1.29, 1.82) is 0 Å². The molecule has 3 heteroatoms. The summed E-state index contributed by atoms with van der Waals surface area (Å²) in [6.45, 7) is 13.4. The zero-order valence-corrected chi connectivity index (χ0v) is 18.1. The third-order valence-electron chi connectivity index (χ3n) is 5.85. The fourth-order valence-electron chi connectivity index (χ4n) is 4.20. The highest BCUT2D eigenvalue weighted by molar-refractivity contribution is 6.30. The van der Waals surface area contributed by atoms with Gasteiger partial charge in [-0.1, -0.05) is 44.0 Å². The van der Waals surface area contributed by atoms with Crippen LogP contribution in [0.1, 0.15) is 78.3 Å². The highest BCUT2D eigenvalue weighted by atomic mass is 35.5. The Bertz CT molecular complexity index is 526. The van der Waals surface area contributed by atoms with Crippen LogP contribution in [0, 0.1) is 17.8 Å². The number of rotatable bonds is 9. The van der Waals surface area contributed by atoms with E-state index in [1.165, 1.54) is 37.7 Å². The molecule has 3 atom stereocenters. The number of ether oxygens (including phenoxy) is 1. The molecule has 1 aliphatic rings. The fourth-order valence-corrected chi connectivity index (χ4v) is 4.33. The molecule has 0 unspecified atom stereocenters. The quantitative estimate of drug-likeness (QED) is 0.519. The number of nitrogens with one attached hydrogen (secondary N) is 1. The highest BCUT2D eigenvalue weighted by Gasteiger charge is 2.33. The van der Waals surface area contributed by atoms with Crippen LogP contribution in [-0.4, -0.2) is 18.8 Å². The van der Waals surface area contributed by atoms with Crippen LogP contribution >= 0.6 is 11.6 Å². The molecule has 0 aromatic heterocycles. The lowest BCUT2D eigenvalue weighted by atomic mass is 9.75. The normalized spacial score (nSPS) is 22.3. The summed E-state index contributed by atoms with van der Waals surface area (Å²) in [5.74, 6) is 2.38.